The van der Waals surface area contributed by atoms with Crippen LogP contribution in [0.25, 0.3) is 0 Å². The van der Waals surface area contributed by atoms with Gasteiger partial charge in [0.05, 0.1) is 0 Å². The van der Waals surface area contributed by atoms with E-state index in [1.807, 2.05) is 0 Å². The molecule has 1 aromatic rings. The van der Waals surface area contributed by atoms with Crippen LogP contribution in [0.15, 0.2) is 30.3 Å². The zero-order chi connectivity index (χ0) is 17.0. The maximum atomic E-state index is 12.2. The molecular weight excluding hydrogens is 302 g/mol. The lowest BCUT2D eigenvalue weighted by atomic mass is 10.1. The second-order valence-corrected chi connectivity index (χ2v) is 4.97. The average molecular weight is 319 g/mol. The van der Waals surface area contributed by atoms with Crippen LogP contribution in [0.2, 0.25) is 0 Å². The second kappa shape index (κ2) is 6.91. The Bertz CT molecular complexity index is 631. The molecule has 0 bridgehead atoms. The van der Waals surface area contributed by atoms with Gasteiger partial charge in [-0.1, -0.05) is 30.3 Å². The van der Waals surface area contributed by atoms with Crippen LogP contribution in [0.5, 0.6) is 0 Å². The van der Waals surface area contributed by atoms with Crippen LogP contribution in [-0.4, -0.2) is 58.4 Å². The Hall–Kier alpha value is -2.90. The number of imide groups is 1. The molecule has 0 saturated carbocycles. The Kier molecular flexibility index (Phi) is 4.95. The Morgan fingerprint density at radius 2 is 1.83 bits per heavy atom. The van der Waals surface area contributed by atoms with E-state index in [1.54, 1.807) is 37.3 Å². The van der Waals surface area contributed by atoms with E-state index in [0.29, 0.717) is 12.1 Å². The first kappa shape index (κ1) is 16.5. The number of carbonyl (C=O) groups is 4. The van der Waals surface area contributed by atoms with Crippen molar-refractivity contribution < 1.29 is 24.3 Å². The lowest BCUT2D eigenvalue weighted by Crippen LogP contribution is -2.58. The van der Waals surface area contributed by atoms with Crippen molar-refractivity contribution >= 4 is 23.8 Å². The quantitative estimate of drug-likeness (QED) is 0.772. The number of benzene rings is 1. The van der Waals surface area contributed by atoms with Crippen LogP contribution < -0.4 is 5.32 Å². The summed E-state index contributed by atoms with van der Waals surface area (Å²) in [6, 6.07) is 5.93. The summed E-state index contributed by atoms with van der Waals surface area (Å²) < 4.78 is 0. The first-order valence-electron chi connectivity index (χ1n) is 7.14. The molecule has 122 valence electrons. The van der Waals surface area contributed by atoms with Gasteiger partial charge in [-0.15, -0.1) is 0 Å². The highest BCUT2D eigenvalue weighted by Crippen LogP contribution is 2.14. The highest BCUT2D eigenvalue weighted by molar-refractivity contribution is 6.38. The largest absolute Gasteiger partial charge is 0.479 e. The number of carboxylic acid groups (broad SMARTS) is 1. The van der Waals surface area contributed by atoms with Gasteiger partial charge in [0.2, 0.25) is 0 Å². The van der Waals surface area contributed by atoms with Gasteiger partial charge in [0.15, 0.2) is 6.04 Å². The van der Waals surface area contributed by atoms with Gasteiger partial charge < -0.3 is 15.3 Å². The molecule has 4 amide bonds. The van der Waals surface area contributed by atoms with E-state index in [4.69, 9.17) is 0 Å². The van der Waals surface area contributed by atoms with E-state index in [0.717, 1.165) is 4.90 Å². The van der Waals surface area contributed by atoms with E-state index in [1.165, 1.54) is 4.90 Å². The van der Waals surface area contributed by atoms with Gasteiger partial charge in [-0.3, -0.25) is 14.5 Å². The number of likely N-dealkylation sites (N-methyl/N-ethyl adjacent to an activating group) is 1. The Morgan fingerprint density at radius 1 is 1.17 bits per heavy atom. The fourth-order valence-electron chi connectivity index (χ4n) is 2.30. The van der Waals surface area contributed by atoms with Gasteiger partial charge in [-0.05, 0) is 12.5 Å². The molecule has 23 heavy (non-hydrogen) atoms. The summed E-state index contributed by atoms with van der Waals surface area (Å²) in [5, 5.41) is 11.6. The molecule has 8 heteroatoms. The van der Waals surface area contributed by atoms with Crippen LogP contribution in [0.1, 0.15) is 18.5 Å². The maximum absolute atomic E-state index is 12.2. The molecule has 8 nitrogen and oxygen atoms in total. The summed E-state index contributed by atoms with van der Waals surface area (Å²) in [5.74, 6) is -2.97. The molecule has 0 aromatic heterocycles. The second-order valence-electron chi connectivity index (χ2n) is 4.97. The Morgan fingerprint density at radius 3 is 2.39 bits per heavy atom. The first-order chi connectivity index (χ1) is 11.0. The number of aliphatic carboxylic acids is 1. The fourth-order valence-corrected chi connectivity index (χ4v) is 2.30. The fraction of sp³-hybridized carbons (Fsp3) is 0.333. The Balaban J connectivity index is 2.12. The molecule has 0 radical (unpaired) electrons. The minimum absolute atomic E-state index is 0.0331. The summed E-state index contributed by atoms with van der Waals surface area (Å²) in [7, 11) is 0. The van der Waals surface area contributed by atoms with Crippen LogP contribution >= 0.6 is 0 Å². The minimum Gasteiger partial charge on any atom is -0.479 e. The lowest BCUT2D eigenvalue weighted by Gasteiger charge is -2.32. The SMILES string of the molecule is CCN1CCN(C(=O)N[C@H](C(=O)O)c2ccccc2)C(=O)C1=O. The molecule has 1 aliphatic rings. The highest BCUT2D eigenvalue weighted by atomic mass is 16.4. The summed E-state index contributed by atoms with van der Waals surface area (Å²) in [4.78, 5) is 49.4. The van der Waals surface area contributed by atoms with Gasteiger partial charge in [0.25, 0.3) is 0 Å². The van der Waals surface area contributed by atoms with E-state index in [-0.39, 0.29) is 13.1 Å². The van der Waals surface area contributed by atoms with Crippen molar-refractivity contribution in [3.8, 4) is 0 Å². The van der Waals surface area contributed by atoms with Gasteiger partial charge in [0.1, 0.15) is 0 Å². The summed E-state index contributed by atoms with van der Waals surface area (Å²) in [5.41, 5.74) is 0.374. The zero-order valence-electron chi connectivity index (χ0n) is 12.6. The van der Waals surface area contributed by atoms with E-state index in [9.17, 15) is 24.3 Å². The van der Waals surface area contributed by atoms with Crippen molar-refractivity contribution in [2.45, 2.75) is 13.0 Å². The van der Waals surface area contributed by atoms with Crippen LogP contribution in [0, 0.1) is 0 Å². The standard InChI is InChI=1S/C15H17N3O5/c1-2-17-8-9-18(13(20)12(17)19)15(23)16-11(14(21)22)10-6-4-3-5-7-10/h3-7,11H,2,8-9H2,1H3,(H,16,23)(H,21,22)/t11-/m0/s1. The number of nitrogens with zero attached hydrogens (tertiary/aromatic N) is 2. The zero-order valence-corrected chi connectivity index (χ0v) is 12.6. The smallest absolute Gasteiger partial charge is 0.330 e. The molecule has 1 aromatic carbocycles. The van der Waals surface area contributed by atoms with Crippen molar-refractivity contribution in [2.24, 2.45) is 0 Å². The third kappa shape index (κ3) is 3.47. The number of hydrogen-bond donors (Lipinski definition) is 2. The molecule has 1 aliphatic heterocycles. The number of hydrogen-bond acceptors (Lipinski definition) is 4. The van der Waals surface area contributed by atoms with Crippen LogP contribution in [-0.2, 0) is 14.4 Å². The number of piperazine rings is 1. The third-order valence-electron chi connectivity index (χ3n) is 3.58. The van der Waals surface area contributed by atoms with E-state index in [2.05, 4.69) is 5.32 Å². The topological polar surface area (TPSA) is 107 Å². The number of carbonyl (C=O) groups excluding carboxylic acids is 3. The monoisotopic (exact) mass is 319 g/mol. The predicted molar refractivity (Wildman–Crippen MR) is 79.3 cm³/mol. The van der Waals surface area contributed by atoms with Gasteiger partial charge in [-0.25, -0.2) is 9.59 Å². The average Bonchev–Trinajstić information content (AvgIpc) is 2.55. The van der Waals surface area contributed by atoms with Crippen molar-refractivity contribution in [1.29, 1.82) is 0 Å². The molecular formula is C15H17N3O5. The number of amides is 4. The molecule has 1 heterocycles. The maximum Gasteiger partial charge on any atom is 0.330 e. The van der Waals surface area contributed by atoms with Gasteiger partial charge in [0, 0.05) is 19.6 Å². The molecule has 1 saturated heterocycles. The normalized spacial score (nSPS) is 16.2. The number of nitrogens with one attached hydrogen (secondary N) is 1. The van der Waals surface area contributed by atoms with E-state index >= 15 is 0 Å². The van der Waals surface area contributed by atoms with Crippen molar-refractivity contribution in [3.05, 3.63) is 35.9 Å². The van der Waals surface area contributed by atoms with Gasteiger partial charge in [-0.2, -0.15) is 0 Å². The lowest BCUT2D eigenvalue weighted by molar-refractivity contribution is -0.153. The summed E-state index contributed by atoms with van der Waals surface area (Å²) >= 11 is 0. The third-order valence-corrected chi connectivity index (χ3v) is 3.58. The highest BCUT2D eigenvalue weighted by Gasteiger charge is 2.36. The predicted octanol–water partition coefficient (Wildman–Crippen LogP) is 0.213. The molecule has 1 atom stereocenters. The number of carboxylic acids is 1. The molecule has 2 rings (SSSR count). The van der Waals surface area contributed by atoms with Crippen molar-refractivity contribution in [2.75, 3.05) is 19.6 Å². The van der Waals surface area contributed by atoms with E-state index < -0.39 is 29.9 Å². The molecule has 0 unspecified atom stereocenters. The number of urea groups is 1. The van der Waals surface area contributed by atoms with Crippen LogP contribution in [0.3, 0.4) is 0 Å². The van der Waals surface area contributed by atoms with Crippen molar-refractivity contribution in [1.82, 2.24) is 15.1 Å². The molecule has 1 fully saturated rings. The summed E-state index contributed by atoms with van der Waals surface area (Å²) in [6.45, 7) is 2.38. The van der Waals surface area contributed by atoms with Gasteiger partial charge >= 0.3 is 23.8 Å². The number of rotatable bonds is 4. The summed E-state index contributed by atoms with van der Waals surface area (Å²) in [6.07, 6.45) is 0. The van der Waals surface area contributed by atoms with Crippen molar-refractivity contribution in [3.63, 3.8) is 0 Å². The first-order valence-corrected chi connectivity index (χ1v) is 7.14. The van der Waals surface area contributed by atoms with Crippen LogP contribution in [0.4, 0.5) is 4.79 Å². The Labute approximate surface area is 132 Å². The molecule has 2 N–H and O–H groups in total. The molecule has 0 aliphatic carbocycles. The minimum atomic E-state index is -1.30. The molecule has 0 spiro atoms.